The van der Waals surface area contributed by atoms with Crippen molar-refractivity contribution in [2.24, 2.45) is 5.73 Å². The predicted octanol–water partition coefficient (Wildman–Crippen LogP) is 3.29. The summed E-state index contributed by atoms with van der Waals surface area (Å²) in [6.07, 6.45) is 0. The minimum absolute atomic E-state index is 0.401. The van der Waals surface area contributed by atoms with Gasteiger partial charge < -0.3 is 10.5 Å². The third-order valence-electron chi connectivity index (χ3n) is 2.33. The molecule has 0 aliphatic carbocycles. The van der Waals surface area contributed by atoms with E-state index < -0.39 is 0 Å². The highest BCUT2D eigenvalue weighted by molar-refractivity contribution is 6.30. The highest BCUT2D eigenvalue weighted by Gasteiger charge is 2.05. The van der Waals surface area contributed by atoms with Gasteiger partial charge in [-0.15, -0.1) is 0 Å². The van der Waals surface area contributed by atoms with Gasteiger partial charge >= 0.3 is 0 Å². The van der Waals surface area contributed by atoms with Crippen molar-refractivity contribution in [1.82, 2.24) is 4.98 Å². The second-order valence-electron chi connectivity index (χ2n) is 3.68. The Balaban J connectivity index is 2.32. The Bertz CT molecular complexity index is 529. The summed E-state index contributed by atoms with van der Waals surface area (Å²) in [7, 11) is 0. The van der Waals surface area contributed by atoms with Gasteiger partial charge in [0, 0.05) is 28.9 Å². The van der Waals surface area contributed by atoms with Crippen molar-refractivity contribution in [3.8, 4) is 11.6 Å². The summed E-state index contributed by atoms with van der Waals surface area (Å²) in [6, 6.07) is 11.0. The highest BCUT2D eigenvalue weighted by atomic mass is 35.5. The van der Waals surface area contributed by atoms with Crippen molar-refractivity contribution in [2.75, 3.05) is 0 Å². The molecule has 0 atom stereocenters. The number of pyridine rings is 1. The molecule has 0 fully saturated rings. The van der Waals surface area contributed by atoms with Gasteiger partial charge in [-0.25, -0.2) is 4.98 Å². The topological polar surface area (TPSA) is 48.1 Å². The molecular formula is C13H13ClN2O. The Morgan fingerprint density at radius 1 is 1.29 bits per heavy atom. The number of aromatic nitrogens is 1. The van der Waals surface area contributed by atoms with Gasteiger partial charge in [0.15, 0.2) is 0 Å². The molecule has 0 radical (unpaired) electrons. The molecule has 17 heavy (non-hydrogen) atoms. The van der Waals surface area contributed by atoms with Crippen LogP contribution < -0.4 is 10.5 Å². The fraction of sp³-hybridized carbons (Fsp3) is 0.154. The van der Waals surface area contributed by atoms with Crippen LogP contribution in [0.2, 0.25) is 5.02 Å². The molecule has 2 rings (SSSR count). The van der Waals surface area contributed by atoms with Gasteiger partial charge in [0.25, 0.3) is 0 Å². The van der Waals surface area contributed by atoms with E-state index in [1.165, 1.54) is 0 Å². The number of ether oxygens (including phenoxy) is 1. The maximum absolute atomic E-state index is 5.93. The standard InChI is InChI=1S/C13H13ClN2O/c1-9-3-2-4-13(16-9)17-12-7-11(14)6-5-10(12)8-15/h2-7H,8,15H2,1H3. The molecular weight excluding hydrogens is 236 g/mol. The van der Waals surface area contributed by atoms with Gasteiger partial charge in [0.05, 0.1) is 0 Å². The first-order valence-corrected chi connectivity index (χ1v) is 5.67. The number of halogens is 1. The molecule has 0 spiro atoms. The first-order valence-electron chi connectivity index (χ1n) is 5.29. The summed E-state index contributed by atoms with van der Waals surface area (Å²) in [4.78, 5) is 4.27. The molecule has 0 saturated carbocycles. The number of hydrogen-bond donors (Lipinski definition) is 1. The van der Waals surface area contributed by atoms with Crippen LogP contribution >= 0.6 is 11.6 Å². The van der Waals surface area contributed by atoms with Gasteiger partial charge in [-0.05, 0) is 25.1 Å². The van der Waals surface area contributed by atoms with E-state index in [1.54, 1.807) is 18.2 Å². The maximum atomic E-state index is 5.93. The predicted molar refractivity (Wildman–Crippen MR) is 68.4 cm³/mol. The second-order valence-corrected chi connectivity index (χ2v) is 4.11. The van der Waals surface area contributed by atoms with E-state index >= 15 is 0 Å². The average Bonchev–Trinajstić information content (AvgIpc) is 2.29. The Kier molecular flexibility index (Phi) is 3.61. The number of rotatable bonds is 3. The molecule has 0 bridgehead atoms. The second kappa shape index (κ2) is 5.17. The summed E-state index contributed by atoms with van der Waals surface area (Å²) in [6.45, 7) is 2.31. The summed E-state index contributed by atoms with van der Waals surface area (Å²) < 4.78 is 5.69. The van der Waals surface area contributed by atoms with Crippen molar-refractivity contribution in [3.05, 3.63) is 52.7 Å². The number of hydrogen-bond acceptors (Lipinski definition) is 3. The number of benzene rings is 1. The van der Waals surface area contributed by atoms with E-state index in [9.17, 15) is 0 Å². The van der Waals surface area contributed by atoms with Crippen LogP contribution in [-0.4, -0.2) is 4.98 Å². The van der Waals surface area contributed by atoms with E-state index in [1.807, 2.05) is 25.1 Å². The van der Waals surface area contributed by atoms with Crippen LogP contribution in [0.3, 0.4) is 0 Å². The fourth-order valence-electron chi connectivity index (χ4n) is 1.48. The monoisotopic (exact) mass is 248 g/mol. The summed E-state index contributed by atoms with van der Waals surface area (Å²) in [5.41, 5.74) is 7.44. The van der Waals surface area contributed by atoms with Crippen LogP contribution in [0.5, 0.6) is 11.6 Å². The quantitative estimate of drug-likeness (QED) is 0.907. The summed E-state index contributed by atoms with van der Waals surface area (Å²) in [5.74, 6) is 1.19. The minimum atomic E-state index is 0.401. The van der Waals surface area contributed by atoms with Crippen LogP contribution in [0.4, 0.5) is 0 Å². The number of nitrogens with zero attached hydrogens (tertiary/aromatic N) is 1. The van der Waals surface area contributed by atoms with Gasteiger partial charge in [-0.1, -0.05) is 23.7 Å². The first kappa shape index (κ1) is 11.9. The van der Waals surface area contributed by atoms with Crippen LogP contribution in [0, 0.1) is 6.92 Å². The Morgan fingerprint density at radius 3 is 2.82 bits per heavy atom. The maximum Gasteiger partial charge on any atom is 0.219 e. The lowest BCUT2D eigenvalue weighted by Gasteiger charge is -2.09. The smallest absolute Gasteiger partial charge is 0.219 e. The first-order chi connectivity index (χ1) is 8.19. The lowest BCUT2D eigenvalue weighted by Crippen LogP contribution is -2.00. The third kappa shape index (κ3) is 2.96. The molecule has 0 amide bonds. The largest absolute Gasteiger partial charge is 0.439 e. The highest BCUT2D eigenvalue weighted by Crippen LogP contribution is 2.27. The Labute approximate surface area is 105 Å². The van der Waals surface area contributed by atoms with Gasteiger partial charge in [0.2, 0.25) is 5.88 Å². The number of nitrogens with two attached hydrogens (primary N) is 1. The molecule has 0 unspecified atom stereocenters. The lowest BCUT2D eigenvalue weighted by molar-refractivity contribution is 0.456. The molecule has 3 nitrogen and oxygen atoms in total. The molecule has 2 N–H and O–H groups in total. The van der Waals surface area contributed by atoms with Crippen molar-refractivity contribution >= 4 is 11.6 Å². The SMILES string of the molecule is Cc1cccc(Oc2cc(Cl)ccc2CN)n1. The summed E-state index contributed by atoms with van der Waals surface area (Å²) >= 11 is 5.93. The summed E-state index contributed by atoms with van der Waals surface area (Å²) in [5, 5.41) is 0.616. The van der Waals surface area contributed by atoms with Gasteiger partial charge in [-0.3, -0.25) is 0 Å². The van der Waals surface area contributed by atoms with E-state index in [-0.39, 0.29) is 0 Å². The lowest BCUT2D eigenvalue weighted by atomic mass is 10.2. The van der Waals surface area contributed by atoms with Crippen LogP contribution in [0.15, 0.2) is 36.4 Å². The number of aryl methyl sites for hydroxylation is 1. The van der Waals surface area contributed by atoms with Crippen molar-refractivity contribution in [3.63, 3.8) is 0 Å². The Morgan fingerprint density at radius 2 is 2.12 bits per heavy atom. The Hall–Kier alpha value is -1.58. The normalized spacial score (nSPS) is 10.3. The molecule has 4 heteroatoms. The minimum Gasteiger partial charge on any atom is -0.439 e. The molecule has 0 aliphatic heterocycles. The molecule has 88 valence electrons. The molecule has 2 aromatic rings. The zero-order valence-electron chi connectivity index (χ0n) is 9.48. The van der Waals surface area contributed by atoms with Crippen molar-refractivity contribution in [1.29, 1.82) is 0 Å². The zero-order valence-corrected chi connectivity index (χ0v) is 10.2. The molecule has 0 saturated heterocycles. The van der Waals surface area contributed by atoms with Crippen LogP contribution in [-0.2, 0) is 6.54 Å². The van der Waals surface area contributed by atoms with E-state index in [4.69, 9.17) is 22.1 Å². The third-order valence-corrected chi connectivity index (χ3v) is 2.56. The van der Waals surface area contributed by atoms with Crippen LogP contribution in [0.25, 0.3) is 0 Å². The zero-order chi connectivity index (χ0) is 12.3. The van der Waals surface area contributed by atoms with E-state index in [0.29, 0.717) is 23.2 Å². The van der Waals surface area contributed by atoms with Crippen molar-refractivity contribution < 1.29 is 4.74 Å². The van der Waals surface area contributed by atoms with Crippen molar-refractivity contribution in [2.45, 2.75) is 13.5 Å². The molecule has 1 aromatic carbocycles. The van der Waals surface area contributed by atoms with Gasteiger partial charge in [-0.2, -0.15) is 0 Å². The fourth-order valence-corrected chi connectivity index (χ4v) is 1.64. The van der Waals surface area contributed by atoms with Gasteiger partial charge in [0.1, 0.15) is 5.75 Å². The molecule has 1 heterocycles. The average molecular weight is 249 g/mol. The van der Waals surface area contributed by atoms with E-state index in [0.717, 1.165) is 11.3 Å². The molecule has 1 aromatic heterocycles. The molecule has 0 aliphatic rings. The van der Waals surface area contributed by atoms with Crippen LogP contribution in [0.1, 0.15) is 11.3 Å². The van der Waals surface area contributed by atoms with E-state index in [2.05, 4.69) is 4.98 Å².